The van der Waals surface area contributed by atoms with E-state index in [0.717, 1.165) is 18.4 Å². The van der Waals surface area contributed by atoms with Gasteiger partial charge in [-0.15, -0.1) is 0 Å². The summed E-state index contributed by atoms with van der Waals surface area (Å²) in [5.41, 5.74) is 1.19. The second kappa shape index (κ2) is 3.41. The molecule has 17 heavy (non-hydrogen) atoms. The Bertz CT molecular complexity index is 626. The van der Waals surface area contributed by atoms with Crippen molar-refractivity contribution in [2.75, 3.05) is 0 Å². The molecule has 0 spiro atoms. The first-order valence-electron chi connectivity index (χ1n) is 5.45. The van der Waals surface area contributed by atoms with Gasteiger partial charge in [-0.1, -0.05) is 6.07 Å². The molecule has 0 radical (unpaired) electrons. The molecule has 5 heteroatoms. The number of aldehydes is 1. The number of nitrogens with zero attached hydrogens (tertiary/aromatic N) is 2. The molecule has 0 aliphatic heterocycles. The van der Waals surface area contributed by atoms with Crippen molar-refractivity contribution < 1.29 is 9.72 Å². The lowest BCUT2D eigenvalue weighted by Crippen LogP contribution is -1.92. The third-order valence-corrected chi connectivity index (χ3v) is 3.13. The molecule has 1 aromatic carbocycles. The Balaban J connectivity index is 2.37. The maximum absolute atomic E-state index is 11.0. The summed E-state index contributed by atoms with van der Waals surface area (Å²) in [7, 11) is 0. The molecule has 86 valence electrons. The molecule has 0 N–H and O–H groups in total. The average Bonchev–Trinajstić information content (AvgIpc) is 3.09. The fraction of sp³-hybridized carbons (Fsp3) is 0.250. The van der Waals surface area contributed by atoms with Crippen LogP contribution >= 0.6 is 0 Å². The van der Waals surface area contributed by atoms with E-state index in [4.69, 9.17) is 0 Å². The van der Waals surface area contributed by atoms with Crippen LogP contribution in [0.3, 0.4) is 0 Å². The van der Waals surface area contributed by atoms with Gasteiger partial charge in [-0.25, -0.2) is 0 Å². The summed E-state index contributed by atoms with van der Waals surface area (Å²) in [6.07, 6.45) is 4.56. The van der Waals surface area contributed by atoms with Crippen molar-refractivity contribution >= 4 is 22.9 Å². The maximum atomic E-state index is 11.0. The van der Waals surface area contributed by atoms with Crippen molar-refractivity contribution in [1.29, 1.82) is 0 Å². The third kappa shape index (κ3) is 1.43. The lowest BCUT2D eigenvalue weighted by Gasteiger charge is -2.01. The van der Waals surface area contributed by atoms with E-state index in [9.17, 15) is 14.9 Å². The molecular formula is C12H10N2O3. The van der Waals surface area contributed by atoms with Crippen LogP contribution in [0.2, 0.25) is 0 Å². The zero-order valence-electron chi connectivity index (χ0n) is 9.00. The van der Waals surface area contributed by atoms with Crippen molar-refractivity contribution in [3.05, 3.63) is 40.1 Å². The van der Waals surface area contributed by atoms with E-state index in [2.05, 4.69) is 0 Å². The number of aromatic nitrogens is 1. The van der Waals surface area contributed by atoms with Gasteiger partial charge in [-0.2, -0.15) is 0 Å². The standard InChI is InChI=1S/C12H10N2O3/c15-7-8-6-13(9-4-5-9)10-2-1-3-11(12(8)10)14(16)17/h1-3,6-7,9H,4-5H2. The van der Waals surface area contributed by atoms with E-state index in [0.29, 0.717) is 23.3 Å². The Morgan fingerprint density at radius 3 is 2.76 bits per heavy atom. The van der Waals surface area contributed by atoms with Crippen molar-refractivity contribution in [1.82, 2.24) is 4.57 Å². The van der Waals surface area contributed by atoms with Gasteiger partial charge in [0.2, 0.25) is 0 Å². The molecule has 1 heterocycles. The molecule has 1 aliphatic carbocycles. The van der Waals surface area contributed by atoms with Crippen LogP contribution in [-0.4, -0.2) is 15.8 Å². The van der Waals surface area contributed by atoms with Gasteiger partial charge in [-0.05, 0) is 18.9 Å². The summed E-state index contributed by atoms with van der Waals surface area (Å²) in [4.78, 5) is 21.5. The van der Waals surface area contributed by atoms with Crippen LogP contribution < -0.4 is 0 Å². The lowest BCUT2D eigenvalue weighted by molar-refractivity contribution is -0.383. The summed E-state index contributed by atoms with van der Waals surface area (Å²) >= 11 is 0. The van der Waals surface area contributed by atoms with E-state index in [1.54, 1.807) is 12.3 Å². The number of hydrogen-bond donors (Lipinski definition) is 0. The van der Waals surface area contributed by atoms with Crippen molar-refractivity contribution in [2.24, 2.45) is 0 Å². The first kappa shape index (κ1) is 10.0. The first-order valence-corrected chi connectivity index (χ1v) is 5.45. The van der Waals surface area contributed by atoms with E-state index in [1.807, 2.05) is 10.6 Å². The summed E-state index contributed by atoms with van der Waals surface area (Å²) in [5.74, 6) is 0. The topological polar surface area (TPSA) is 65.1 Å². The quantitative estimate of drug-likeness (QED) is 0.462. The summed E-state index contributed by atoms with van der Waals surface area (Å²) < 4.78 is 1.98. The molecule has 0 saturated heterocycles. The normalized spacial score (nSPS) is 15.1. The van der Waals surface area contributed by atoms with E-state index < -0.39 is 4.92 Å². The average molecular weight is 230 g/mol. The molecule has 0 bridgehead atoms. The predicted molar refractivity (Wildman–Crippen MR) is 62.3 cm³/mol. The van der Waals surface area contributed by atoms with Crippen LogP contribution in [0, 0.1) is 10.1 Å². The highest BCUT2D eigenvalue weighted by atomic mass is 16.6. The van der Waals surface area contributed by atoms with Gasteiger partial charge in [0.25, 0.3) is 5.69 Å². The zero-order valence-corrected chi connectivity index (χ0v) is 9.00. The Kier molecular flexibility index (Phi) is 2.01. The highest BCUT2D eigenvalue weighted by Gasteiger charge is 2.28. The summed E-state index contributed by atoms with van der Waals surface area (Å²) in [5, 5.41) is 11.4. The highest BCUT2D eigenvalue weighted by Crippen LogP contribution is 2.40. The van der Waals surface area contributed by atoms with Gasteiger partial charge in [0.05, 0.1) is 15.8 Å². The maximum Gasteiger partial charge on any atom is 0.279 e. The largest absolute Gasteiger partial charge is 0.343 e. The number of fused-ring (bicyclic) bond motifs is 1. The fourth-order valence-corrected chi connectivity index (χ4v) is 2.22. The number of non-ortho nitro benzene ring substituents is 1. The molecule has 1 aliphatic rings. The minimum absolute atomic E-state index is 0.00370. The van der Waals surface area contributed by atoms with Crippen molar-refractivity contribution in [2.45, 2.75) is 18.9 Å². The van der Waals surface area contributed by atoms with Gasteiger partial charge < -0.3 is 4.57 Å². The number of carbonyl (C=O) groups excluding carboxylic acids is 1. The number of nitro groups is 1. The number of hydrogen-bond acceptors (Lipinski definition) is 3. The number of benzene rings is 1. The molecule has 1 fully saturated rings. The minimum Gasteiger partial charge on any atom is -0.343 e. The molecule has 1 saturated carbocycles. The Morgan fingerprint density at radius 1 is 1.41 bits per heavy atom. The smallest absolute Gasteiger partial charge is 0.279 e. The van der Waals surface area contributed by atoms with Crippen LogP contribution in [0.15, 0.2) is 24.4 Å². The van der Waals surface area contributed by atoms with Gasteiger partial charge in [0.1, 0.15) is 0 Å². The van der Waals surface area contributed by atoms with Gasteiger partial charge >= 0.3 is 0 Å². The Labute approximate surface area is 96.8 Å². The van der Waals surface area contributed by atoms with Crippen LogP contribution in [0.25, 0.3) is 10.9 Å². The number of rotatable bonds is 3. The van der Waals surface area contributed by atoms with Gasteiger partial charge in [0, 0.05) is 23.9 Å². The second-order valence-electron chi connectivity index (χ2n) is 4.27. The monoisotopic (exact) mass is 230 g/mol. The number of carbonyl (C=O) groups is 1. The summed E-state index contributed by atoms with van der Waals surface area (Å²) in [6.45, 7) is 0. The first-order chi connectivity index (χ1) is 8.22. The zero-order chi connectivity index (χ0) is 12.0. The SMILES string of the molecule is O=Cc1cn(C2CC2)c2cccc([N+](=O)[O-])c12. The third-order valence-electron chi connectivity index (χ3n) is 3.13. The highest BCUT2D eigenvalue weighted by molar-refractivity contribution is 6.03. The van der Waals surface area contributed by atoms with Gasteiger partial charge in [0.15, 0.2) is 6.29 Å². The van der Waals surface area contributed by atoms with Crippen LogP contribution in [-0.2, 0) is 0 Å². The van der Waals surface area contributed by atoms with E-state index >= 15 is 0 Å². The lowest BCUT2D eigenvalue weighted by atomic mass is 10.1. The van der Waals surface area contributed by atoms with Crippen LogP contribution in [0.1, 0.15) is 29.2 Å². The van der Waals surface area contributed by atoms with Crippen molar-refractivity contribution in [3.8, 4) is 0 Å². The van der Waals surface area contributed by atoms with E-state index in [-0.39, 0.29) is 5.69 Å². The molecule has 5 nitrogen and oxygen atoms in total. The molecule has 0 unspecified atom stereocenters. The van der Waals surface area contributed by atoms with Gasteiger partial charge in [-0.3, -0.25) is 14.9 Å². The second-order valence-corrected chi connectivity index (χ2v) is 4.27. The Morgan fingerprint density at radius 2 is 2.18 bits per heavy atom. The predicted octanol–water partition coefficient (Wildman–Crippen LogP) is 2.70. The van der Waals surface area contributed by atoms with Crippen molar-refractivity contribution in [3.63, 3.8) is 0 Å². The molecule has 0 amide bonds. The molecule has 3 rings (SSSR count). The van der Waals surface area contributed by atoms with Crippen LogP contribution in [0.4, 0.5) is 5.69 Å². The Hall–Kier alpha value is -2.17. The summed E-state index contributed by atoms with van der Waals surface area (Å²) in [6, 6.07) is 5.32. The molecule has 2 aromatic rings. The molecule has 0 atom stereocenters. The van der Waals surface area contributed by atoms with E-state index in [1.165, 1.54) is 6.07 Å². The molecule has 1 aromatic heterocycles. The fourth-order valence-electron chi connectivity index (χ4n) is 2.22. The minimum atomic E-state index is -0.438. The van der Waals surface area contributed by atoms with Crippen LogP contribution in [0.5, 0.6) is 0 Å². The molecular weight excluding hydrogens is 220 g/mol. The number of nitro benzene ring substituents is 1.